The topological polar surface area (TPSA) is 30.5 Å². The molecule has 0 atom stereocenters. The lowest BCUT2D eigenvalue weighted by atomic mass is 10.2. The van der Waals surface area contributed by atoms with Gasteiger partial charge in [-0.15, -0.1) is 0 Å². The normalized spacial score (nSPS) is 10.4. The lowest BCUT2D eigenvalue weighted by molar-refractivity contribution is 0.378. The minimum Gasteiger partial charge on any atom is -0.493 e. The van der Waals surface area contributed by atoms with Crippen LogP contribution in [-0.2, 0) is 6.54 Å². The summed E-state index contributed by atoms with van der Waals surface area (Å²) in [4.78, 5) is 0. The zero-order valence-corrected chi connectivity index (χ0v) is 12.6. The Bertz CT molecular complexity index is 599. The van der Waals surface area contributed by atoms with E-state index in [0.29, 0.717) is 22.3 Å². The van der Waals surface area contributed by atoms with Crippen molar-refractivity contribution in [2.75, 3.05) is 14.2 Å². The van der Waals surface area contributed by atoms with Crippen LogP contribution >= 0.6 is 11.6 Å². The fourth-order valence-corrected chi connectivity index (χ4v) is 2.15. The van der Waals surface area contributed by atoms with Crippen LogP contribution in [0.2, 0.25) is 5.02 Å². The predicted molar refractivity (Wildman–Crippen MR) is 82.0 cm³/mol. The van der Waals surface area contributed by atoms with Gasteiger partial charge in [-0.1, -0.05) is 23.7 Å². The predicted octanol–water partition coefficient (Wildman–Crippen LogP) is 4.17. The van der Waals surface area contributed by atoms with Crippen molar-refractivity contribution < 1.29 is 9.47 Å². The van der Waals surface area contributed by atoms with Gasteiger partial charge in [0.15, 0.2) is 11.5 Å². The molecule has 4 heteroatoms. The van der Waals surface area contributed by atoms with Gasteiger partial charge in [-0.3, -0.25) is 0 Å². The average Bonchev–Trinajstić information content (AvgIpc) is 2.44. The number of rotatable bonds is 5. The van der Waals surface area contributed by atoms with Crippen molar-refractivity contribution in [3.63, 3.8) is 0 Å². The van der Waals surface area contributed by atoms with Crippen LogP contribution in [0.5, 0.6) is 17.2 Å². The Labute approximate surface area is 124 Å². The molecule has 0 aliphatic carbocycles. The maximum atomic E-state index is 6.22. The van der Waals surface area contributed by atoms with Gasteiger partial charge in [0.1, 0.15) is 5.75 Å². The molecule has 0 bridgehead atoms. The van der Waals surface area contributed by atoms with E-state index < -0.39 is 0 Å². The van der Waals surface area contributed by atoms with Gasteiger partial charge in [0.2, 0.25) is 0 Å². The SMILES string of the molecule is CNCc1ccc(Oc2ccc(C)cc2OC)cc1Cl. The highest BCUT2D eigenvalue weighted by molar-refractivity contribution is 6.31. The molecule has 0 aliphatic heterocycles. The minimum absolute atomic E-state index is 0.676. The summed E-state index contributed by atoms with van der Waals surface area (Å²) in [6.07, 6.45) is 0. The van der Waals surface area contributed by atoms with E-state index in [1.807, 2.05) is 50.4 Å². The zero-order valence-electron chi connectivity index (χ0n) is 11.9. The summed E-state index contributed by atoms with van der Waals surface area (Å²) in [7, 11) is 3.52. The Kier molecular flexibility index (Phi) is 4.88. The third-order valence-corrected chi connectivity index (χ3v) is 3.29. The average molecular weight is 292 g/mol. The standard InChI is InChI=1S/C16H18ClNO2/c1-11-4-7-15(16(8-11)19-3)20-13-6-5-12(10-18-2)14(17)9-13/h4-9,18H,10H2,1-3H3. The molecule has 106 valence electrons. The number of halogens is 1. The zero-order chi connectivity index (χ0) is 14.5. The Morgan fingerprint density at radius 2 is 1.90 bits per heavy atom. The number of benzene rings is 2. The van der Waals surface area contributed by atoms with Crippen molar-refractivity contribution in [1.82, 2.24) is 5.32 Å². The molecule has 0 saturated heterocycles. The summed E-state index contributed by atoms with van der Waals surface area (Å²) < 4.78 is 11.2. The molecular formula is C16H18ClNO2. The first-order valence-corrected chi connectivity index (χ1v) is 6.77. The molecule has 0 unspecified atom stereocenters. The van der Waals surface area contributed by atoms with Crippen LogP contribution < -0.4 is 14.8 Å². The lowest BCUT2D eigenvalue weighted by Gasteiger charge is -2.12. The van der Waals surface area contributed by atoms with Crippen molar-refractivity contribution in [1.29, 1.82) is 0 Å². The van der Waals surface area contributed by atoms with Crippen LogP contribution in [0.25, 0.3) is 0 Å². The van der Waals surface area contributed by atoms with Gasteiger partial charge in [-0.2, -0.15) is 0 Å². The summed E-state index contributed by atoms with van der Waals surface area (Å²) in [6.45, 7) is 2.74. The molecule has 2 aromatic carbocycles. The van der Waals surface area contributed by atoms with Crippen molar-refractivity contribution in [3.05, 3.63) is 52.5 Å². The summed E-state index contributed by atoms with van der Waals surface area (Å²) in [5.41, 5.74) is 2.16. The summed E-state index contributed by atoms with van der Waals surface area (Å²) in [5.74, 6) is 2.08. The van der Waals surface area contributed by atoms with E-state index >= 15 is 0 Å². The molecule has 0 aliphatic rings. The van der Waals surface area contributed by atoms with Gasteiger partial charge in [0.05, 0.1) is 7.11 Å². The molecule has 0 amide bonds. The van der Waals surface area contributed by atoms with Crippen LogP contribution in [0.1, 0.15) is 11.1 Å². The van der Waals surface area contributed by atoms with Crippen LogP contribution in [-0.4, -0.2) is 14.2 Å². The second-order valence-electron chi connectivity index (χ2n) is 4.54. The first kappa shape index (κ1) is 14.7. The molecule has 2 aromatic rings. The van der Waals surface area contributed by atoms with Crippen molar-refractivity contribution in [2.24, 2.45) is 0 Å². The smallest absolute Gasteiger partial charge is 0.169 e. The summed E-state index contributed by atoms with van der Waals surface area (Å²) in [6, 6.07) is 11.5. The highest BCUT2D eigenvalue weighted by Gasteiger charge is 2.07. The highest BCUT2D eigenvalue weighted by Crippen LogP contribution is 2.33. The van der Waals surface area contributed by atoms with Crippen LogP contribution in [0.3, 0.4) is 0 Å². The Morgan fingerprint density at radius 1 is 1.10 bits per heavy atom. The maximum absolute atomic E-state index is 6.22. The first-order chi connectivity index (χ1) is 9.63. The number of hydrogen-bond acceptors (Lipinski definition) is 3. The molecule has 0 fully saturated rings. The number of hydrogen-bond donors (Lipinski definition) is 1. The van der Waals surface area contributed by atoms with Crippen molar-refractivity contribution in [2.45, 2.75) is 13.5 Å². The first-order valence-electron chi connectivity index (χ1n) is 6.39. The third kappa shape index (κ3) is 3.44. The van der Waals surface area contributed by atoms with Gasteiger partial charge in [-0.25, -0.2) is 0 Å². The number of methoxy groups -OCH3 is 1. The van der Waals surface area contributed by atoms with E-state index in [2.05, 4.69) is 5.32 Å². The number of nitrogens with one attached hydrogen (secondary N) is 1. The Morgan fingerprint density at radius 3 is 2.55 bits per heavy atom. The molecule has 2 rings (SSSR count). The van der Waals surface area contributed by atoms with Gasteiger partial charge in [-0.05, 0) is 49.4 Å². The van der Waals surface area contributed by atoms with Crippen molar-refractivity contribution >= 4 is 11.6 Å². The largest absolute Gasteiger partial charge is 0.493 e. The van der Waals surface area contributed by atoms with Gasteiger partial charge in [0.25, 0.3) is 0 Å². The molecule has 0 spiro atoms. The third-order valence-electron chi connectivity index (χ3n) is 2.94. The quantitative estimate of drug-likeness (QED) is 0.897. The van der Waals surface area contributed by atoms with Gasteiger partial charge in [0, 0.05) is 11.6 Å². The monoisotopic (exact) mass is 291 g/mol. The summed E-state index contributed by atoms with van der Waals surface area (Å²) in [5, 5.41) is 3.76. The highest BCUT2D eigenvalue weighted by atomic mass is 35.5. The van der Waals surface area contributed by atoms with E-state index in [1.165, 1.54) is 0 Å². The number of aryl methyl sites for hydroxylation is 1. The van der Waals surface area contributed by atoms with E-state index in [0.717, 1.165) is 17.7 Å². The molecule has 0 saturated carbocycles. The molecule has 0 aromatic heterocycles. The molecule has 20 heavy (non-hydrogen) atoms. The van der Waals surface area contributed by atoms with E-state index in [4.69, 9.17) is 21.1 Å². The van der Waals surface area contributed by atoms with E-state index in [9.17, 15) is 0 Å². The fraction of sp³-hybridized carbons (Fsp3) is 0.250. The van der Waals surface area contributed by atoms with E-state index in [1.54, 1.807) is 7.11 Å². The van der Waals surface area contributed by atoms with Crippen LogP contribution in [0.4, 0.5) is 0 Å². The minimum atomic E-state index is 0.676. The van der Waals surface area contributed by atoms with E-state index in [-0.39, 0.29) is 0 Å². The fourth-order valence-electron chi connectivity index (χ4n) is 1.91. The van der Waals surface area contributed by atoms with Crippen molar-refractivity contribution in [3.8, 4) is 17.2 Å². The molecule has 0 radical (unpaired) electrons. The lowest BCUT2D eigenvalue weighted by Crippen LogP contribution is -2.05. The van der Waals surface area contributed by atoms with Crippen LogP contribution in [0, 0.1) is 6.92 Å². The molecule has 3 nitrogen and oxygen atoms in total. The van der Waals surface area contributed by atoms with Gasteiger partial charge < -0.3 is 14.8 Å². The Balaban J connectivity index is 2.24. The summed E-state index contributed by atoms with van der Waals surface area (Å²) >= 11 is 6.22. The second kappa shape index (κ2) is 6.64. The molecule has 1 N–H and O–H groups in total. The van der Waals surface area contributed by atoms with Crippen LogP contribution in [0.15, 0.2) is 36.4 Å². The molecule has 0 heterocycles. The van der Waals surface area contributed by atoms with Gasteiger partial charge >= 0.3 is 0 Å². The molecular weight excluding hydrogens is 274 g/mol. The Hall–Kier alpha value is -1.71. The second-order valence-corrected chi connectivity index (χ2v) is 4.95. The maximum Gasteiger partial charge on any atom is 0.169 e. The number of ether oxygens (including phenoxy) is 2.